The average molecular weight is 465 g/mol. The minimum Gasteiger partial charge on any atom is -0.508 e. The van der Waals surface area contributed by atoms with Crippen LogP contribution < -0.4 is 5.32 Å². The molecule has 34 heavy (non-hydrogen) atoms. The van der Waals surface area contributed by atoms with Gasteiger partial charge in [-0.3, -0.25) is 4.98 Å². The number of phenols is 1. The number of unbranched alkanes of at least 4 members (excludes halogenated alkanes) is 1. The van der Waals surface area contributed by atoms with E-state index in [1.165, 1.54) is 11.1 Å². The lowest BCUT2D eigenvalue weighted by molar-refractivity contribution is -0.0715. The van der Waals surface area contributed by atoms with E-state index < -0.39 is 6.10 Å². The molecule has 3 aliphatic carbocycles. The summed E-state index contributed by atoms with van der Waals surface area (Å²) in [5, 5.41) is 35.6. The van der Waals surface area contributed by atoms with E-state index in [2.05, 4.69) is 23.3 Å². The van der Waals surface area contributed by atoms with E-state index in [0.717, 1.165) is 70.2 Å². The van der Waals surface area contributed by atoms with Gasteiger partial charge in [-0.15, -0.1) is 0 Å². The van der Waals surface area contributed by atoms with Crippen LogP contribution in [0.4, 0.5) is 0 Å². The molecule has 1 aromatic heterocycles. The maximum Gasteiger partial charge on any atom is 0.115 e. The van der Waals surface area contributed by atoms with Crippen molar-refractivity contribution in [2.45, 2.75) is 76.9 Å². The van der Waals surface area contributed by atoms with Crippen LogP contribution in [-0.4, -0.2) is 39.6 Å². The van der Waals surface area contributed by atoms with Gasteiger partial charge in [0.2, 0.25) is 0 Å². The van der Waals surface area contributed by atoms with Crippen molar-refractivity contribution in [3.05, 3.63) is 59.4 Å². The molecule has 6 atom stereocenters. The van der Waals surface area contributed by atoms with E-state index >= 15 is 0 Å². The molecule has 1 aromatic carbocycles. The van der Waals surface area contributed by atoms with Crippen molar-refractivity contribution < 1.29 is 15.3 Å². The third-order valence-electron chi connectivity index (χ3n) is 9.60. The molecule has 1 heterocycles. The summed E-state index contributed by atoms with van der Waals surface area (Å²) in [6.45, 7) is 4.06. The molecule has 0 bridgehead atoms. The van der Waals surface area contributed by atoms with Crippen LogP contribution in [0.1, 0.15) is 74.6 Å². The standard InChI is InChI=1S/C29H40N2O3/c1-28-13-11-24-23-10-8-22(33)16-20(23)7-9-25(24)26(28)17-29(19-32,27(28)34)12-3-5-14-30-18-21-6-2-4-15-31-21/h2,4,6,8,10,15-16,24-27,30,32-34H,3,5,7,9,11-14,17-19H2,1H3/t24-,25-,26+,27-,28+,29-/m1/s1. The molecule has 184 valence electrons. The van der Waals surface area contributed by atoms with Crippen molar-refractivity contribution in [3.63, 3.8) is 0 Å². The fourth-order valence-corrected chi connectivity index (χ4v) is 7.80. The second-order valence-electron chi connectivity index (χ2n) is 11.4. The molecule has 0 aliphatic heterocycles. The molecule has 0 saturated heterocycles. The van der Waals surface area contributed by atoms with E-state index in [-0.39, 0.29) is 17.4 Å². The number of benzene rings is 1. The fourth-order valence-electron chi connectivity index (χ4n) is 7.80. The lowest BCUT2D eigenvalue weighted by Crippen LogP contribution is -2.46. The summed E-state index contributed by atoms with van der Waals surface area (Å²) in [6.07, 6.45) is 9.44. The number of hydrogen-bond acceptors (Lipinski definition) is 5. The molecule has 2 fully saturated rings. The molecule has 0 unspecified atom stereocenters. The van der Waals surface area contributed by atoms with Crippen molar-refractivity contribution in [1.29, 1.82) is 0 Å². The van der Waals surface area contributed by atoms with Gasteiger partial charge in [0.05, 0.1) is 18.4 Å². The van der Waals surface area contributed by atoms with Gasteiger partial charge >= 0.3 is 0 Å². The van der Waals surface area contributed by atoms with Crippen LogP contribution in [-0.2, 0) is 13.0 Å². The molecule has 5 heteroatoms. The van der Waals surface area contributed by atoms with Crippen LogP contribution in [0.3, 0.4) is 0 Å². The second kappa shape index (κ2) is 9.60. The number of nitrogens with one attached hydrogen (secondary N) is 1. The molecule has 0 spiro atoms. The van der Waals surface area contributed by atoms with Crippen LogP contribution in [0.2, 0.25) is 0 Å². The Morgan fingerprint density at radius 3 is 2.82 bits per heavy atom. The molecule has 3 aliphatic rings. The maximum atomic E-state index is 11.7. The Hall–Kier alpha value is -1.95. The summed E-state index contributed by atoms with van der Waals surface area (Å²) in [5.41, 5.74) is 3.26. The number of phenolic OH excluding ortho intramolecular Hbond substituents is 1. The van der Waals surface area contributed by atoms with E-state index in [1.54, 1.807) is 0 Å². The highest BCUT2D eigenvalue weighted by molar-refractivity contribution is 5.40. The van der Waals surface area contributed by atoms with Crippen molar-refractivity contribution in [3.8, 4) is 5.75 Å². The average Bonchev–Trinajstić information content (AvgIpc) is 3.09. The van der Waals surface area contributed by atoms with Crippen molar-refractivity contribution >= 4 is 0 Å². The second-order valence-corrected chi connectivity index (χ2v) is 11.4. The van der Waals surface area contributed by atoms with E-state index in [4.69, 9.17) is 0 Å². The number of pyridine rings is 1. The van der Waals surface area contributed by atoms with Gasteiger partial charge in [0.1, 0.15) is 5.75 Å². The Bertz CT molecular complexity index is 983. The van der Waals surface area contributed by atoms with Crippen molar-refractivity contribution in [1.82, 2.24) is 10.3 Å². The molecular weight excluding hydrogens is 424 g/mol. The first-order valence-electron chi connectivity index (χ1n) is 13.2. The number of nitrogens with zero attached hydrogens (tertiary/aromatic N) is 1. The zero-order chi connectivity index (χ0) is 23.8. The Morgan fingerprint density at radius 1 is 1.15 bits per heavy atom. The Balaban J connectivity index is 1.22. The number of aryl methyl sites for hydroxylation is 1. The minimum absolute atomic E-state index is 0.0729. The van der Waals surface area contributed by atoms with Crippen molar-refractivity contribution in [2.75, 3.05) is 13.2 Å². The Morgan fingerprint density at radius 2 is 2.03 bits per heavy atom. The van der Waals surface area contributed by atoms with Crippen LogP contribution in [0.25, 0.3) is 0 Å². The Kier molecular flexibility index (Phi) is 6.71. The van der Waals surface area contributed by atoms with Gasteiger partial charge in [-0.2, -0.15) is 0 Å². The number of aromatic nitrogens is 1. The van der Waals surface area contributed by atoms with Crippen LogP contribution in [0, 0.1) is 22.7 Å². The molecular formula is C29H40N2O3. The van der Waals surface area contributed by atoms with Crippen LogP contribution in [0.5, 0.6) is 5.75 Å². The minimum atomic E-state index is -0.446. The van der Waals surface area contributed by atoms with Gasteiger partial charge in [0, 0.05) is 18.2 Å². The summed E-state index contributed by atoms with van der Waals surface area (Å²) in [6, 6.07) is 11.9. The molecule has 4 N–H and O–H groups in total. The summed E-state index contributed by atoms with van der Waals surface area (Å²) < 4.78 is 0. The largest absolute Gasteiger partial charge is 0.508 e. The predicted octanol–water partition coefficient (Wildman–Crippen LogP) is 4.55. The summed E-state index contributed by atoms with van der Waals surface area (Å²) in [4.78, 5) is 4.35. The first-order chi connectivity index (χ1) is 16.5. The number of rotatable bonds is 8. The first kappa shape index (κ1) is 23.8. The monoisotopic (exact) mass is 464 g/mol. The highest BCUT2D eigenvalue weighted by Gasteiger charge is 2.63. The van der Waals surface area contributed by atoms with Crippen LogP contribution >= 0.6 is 0 Å². The number of hydrogen-bond donors (Lipinski definition) is 4. The summed E-state index contributed by atoms with van der Waals surface area (Å²) >= 11 is 0. The highest BCUT2D eigenvalue weighted by Crippen LogP contribution is 2.66. The number of aliphatic hydroxyl groups is 2. The highest BCUT2D eigenvalue weighted by atomic mass is 16.3. The first-order valence-corrected chi connectivity index (χ1v) is 13.2. The smallest absolute Gasteiger partial charge is 0.115 e. The molecule has 2 aromatic rings. The predicted molar refractivity (Wildman–Crippen MR) is 133 cm³/mol. The topological polar surface area (TPSA) is 85.6 Å². The number of aliphatic hydroxyl groups excluding tert-OH is 2. The van der Waals surface area contributed by atoms with Crippen molar-refractivity contribution in [2.24, 2.45) is 22.7 Å². The van der Waals surface area contributed by atoms with Crippen LogP contribution in [0.15, 0.2) is 42.6 Å². The lowest BCUT2D eigenvalue weighted by Gasteiger charge is -2.50. The summed E-state index contributed by atoms with van der Waals surface area (Å²) in [5.74, 6) is 1.87. The number of fused-ring (bicyclic) bond motifs is 5. The maximum absolute atomic E-state index is 11.7. The quantitative estimate of drug-likeness (QED) is 0.431. The number of aromatic hydroxyl groups is 1. The van der Waals surface area contributed by atoms with E-state index in [1.807, 2.05) is 36.5 Å². The lowest BCUT2D eigenvalue weighted by atomic mass is 9.55. The molecule has 2 saturated carbocycles. The van der Waals surface area contributed by atoms with E-state index in [0.29, 0.717) is 23.5 Å². The van der Waals surface area contributed by atoms with Gasteiger partial charge in [-0.25, -0.2) is 0 Å². The van der Waals surface area contributed by atoms with Gasteiger partial charge in [0.15, 0.2) is 0 Å². The van der Waals surface area contributed by atoms with Gasteiger partial charge in [0.25, 0.3) is 0 Å². The molecule has 5 nitrogen and oxygen atoms in total. The third-order valence-corrected chi connectivity index (χ3v) is 9.60. The third kappa shape index (κ3) is 4.16. The van der Waals surface area contributed by atoms with Gasteiger partial charge in [-0.1, -0.05) is 25.5 Å². The normalized spacial score (nSPS) is 34.3. The molecule has 5 rings (SSSR count). The van der Waals surface area contributed by atoms with Gasteiger partial charge in [-0.05, 0) is 110 Å². The molecule has 0 radical (unpaired) electrons. The zero-order valence-corrected chi connectivity index (χ0v) is 20.4. The van der Waals surface area contributed by atoms with Gasteiger partial charge < -0.3 is 20.6 Å². The SMILES string of the molecule is C[C@]12CC[C@@H]3c4ccc(O)cc4CC[C@H]3[C@@H]1C[C@@](CO)(CCCCNCc1ccccn1)[C@@H]2O. The zero-order valence-electron chi connectivity index (χ0n) is 20.4. The summed E-state index contributed by atoms with van der Waals surface area (Å²) in [7, 11) is 0. The van der Waals surface area contributed by atoms with E-state index in [9.17, 15) is 15.3 Å². The molecule has 0 amide bonds. The fraction of sp³-hybridized carbons (Fsp3) is 0.621. The Labute approximate surface area is 203 Å².